The van der Waals surface area contributed by atoms with Gasteiger partial charge < -0.3 is 0 Å². The van der Waals surface area contributed by atoms with Crippen molar-refractivity contribution in [2.45, 2.75) is 18.6 Å². The second kappa shape index (κ2) is 3.98. The molecule has 0 aliphatic carbocycles. The monoisotopic (exact) mass is 173 g/mol. The van der Waals surface area contributed by atoms with Crippen LogP contribution < -0.4 is 0 Å². The van der Waals surface area contributed by atoms with E-state index in [1.165, 1.54) is 11.4 Å². The quantitative estimate of drug-likeness (QED) is 0.697. The summed E-state index contributed by atoms with van der Waals surface area (Å²) in [6, 6.07) is 0. The van der Waals surface area contributed by atoms with Gasteiger partial charge in [0.05, 0.1) is 5.25 Å². The lowest BCUT2D eigenvalue weighted by molar-refractivity contribution is 0.886. The molecule has 10 heavy (non-hydrogen) atoms. The minimum Gasteiger partial charge on any atom is -0.249 e. The zero-order valence-electron chi connectivity index (χ0n) is 6.20. The Labute approximate surface area is 69.9 Å². The fraction of sp³-hybridized carbons (Fsp3) is 0.571. The topological polar surface area (TPSA) is 12.9 Å². The second-order valence-electron chi connectivity index (χ2n) is 2.00. The van der Waals surface area contributed by atoms with Crippen molar-refractivity contribution in [3.8, 4) is 0 Å². The molecule has 1 aromatic rings. The second-order valence-corrected chi connectivity index (χ2v) is 3.97. The normalized spacial score (nSPS) is 13.4. The smallest absolute Gasteiger partial charge is 0.105 e. The van der Waals surface area contributed by atoms with Crippen LogP contribution in [0, 0.1) is 0 Å². The van der Waals surface area contributed by atoms with E-state index < -0.39 is 0 Å². The van der Waals surface area contributed by atoms with Gasteiger partial charge in [-0.2, -0.15) is 11.8 Å². The van der Waals surface area contributed by atoms with Crippen molar-refractivity contribution in [2.75, 3.05) is 6.26 Å². The molecule has 0 aliphatic rings. The Kier molecular flexibility index (Phi) is 3.22. The Morgan fingerprint density at radius 1 is 1.80 bits per heavy atom. The van der Waals surface area contributed by atoms with Crippen LogP contribution in [0.15, 0.2) is 11.6 Å². The summed E-state index contributed by atoms with van der Waals surface area (Å²) >= 11 is 3.62. The Bertz CT molecular complexity index is 168. The summed E-state index contributed by atoms with van der Waals surface area (Å²) in [5, 5.41) is 3.91. The van der Waals surface area contributed by atoms with Gasteiger partial charge in [-0.1, -0.05) is 6.92 Å². The third-order valence-electron chi connectivity index (χ3n) is 1.38. The molecule has 1 atom stereocenters. The summed E-state index contributed by atoms with van der Waals surface area (Å²) in [7, 11) is 0. The van der Waals surface area contributed by atoms with Gasteiger partial charge in [0, 0.05) is 11.6 Å². The number of aromatic nitrogens is 1. The Morgan fingerprint density at radius 2 is 2.60 bits per heavy atom. The first-order valence-corrected chi connectivity index (χ1v) is 5.47. The lowest BCUT2D eigenvalue weighted by atomic mass is 10.3. The highest BCUT2D eigenvalue weighted by molar-refractivity contribution is 7.98. The van der Waals surface area contributed by atoms with Crippen LogP contribution in [0.5, 0.6) is 0 Å². The van der Waals surface area contributed by atoms with E-state index in [1.807, 2.05) is 23.3 Å². The molecule has 0 spiro atoms. The molecule has 1 aromatic heterocycles. The van der Waals surface area contributed by atoms with Gasteiger partial charge in [0.25, 0.3) is 0 Å². The maximum Gasteiger partial charge on any atom is 0.105 e. The van der Waals surface area contributed by atoms with E-state index >= 15 is 0 Å². The first-order valence-electron chi connectivity index (χ1n) is 3.30. The van der Waals surface area contributed by atoms with Crippen LogP contribution in [0.1, 0.15) is 23.6 Å². The van der Waals surface area contributed by atoms with Crippen molar-refractivity contribution >= 4 is 23.1 Å². The maximum absolute atomic E-state index is 4.26. The van der Waals surface area contributed by atoms with Crippen LogP contribution in [-0.2, 0) is 0 Å². The zero-order chi connectivity index (χ0) is 7.40. The van der Waals surface area contributed by atoms with Crippen LogP contribution in [0.3, 0.4) is 0 Å². The molecule has 0 fully saturated rings. The molecular formula is C7H11NS2. The van der Waals surface area contributed by atoms with Crippen molar-refractivity contribution in [1.82, 2.24) is 4.98 Å². The minimum atomic E-state index is 0.611. The molecule has 0 saturated heterocycles. The van der Waals surface area contributed by atoms with Crippen LogP contribution in [0.2, 0.25) is 0 Å². The number of thioether (sulfide) groups is 1. The number of rotatable bonds is 3. The van der Waals surface area contributed by atoms with E-state index in [4.69, 9.17) is 0 Å². The lowest BCUT2D eigenvalue weighted by Gasteiger charge is -2.05. The number of hydrogen-bond donors (Lipinski definition) is 0. The molecule has 0 amide bonds. The molecule has 1 unspecified atom stereocenters. The van der Waals surface area contributed by atoms with E-state index in [-0.39, 0.29) is 0 Å². The van der Waals surface area contributed by atoms with Gasteiger partial charge in [-0.25, -0.2) is 4.98 Å². The highest BCUT2D eigenvalue weighted by atomic mass is 32.2. The summed E-state index contributed by atoms with van der Waals surface area (Å²) < 4.78 is 0. The van der Waals surface area contributed by atoms with Crippen LogP contribution in [-0.4, -0.2) is 11.2 Å². The van der Waals surface area contributed by atoms with Crippen molar-refractivity contribution in [3.05, 3.63) is 16.6 Å². The molecule has 0 aliphatic heterocycles. The molecule has 0 aromatic carbocycles. The molecule has 1 nitrogen and oxygen atoms in total. The number of thiazole rings is 1. The SMILES string of the molecule is CCC(SC)c1nccs1. The van der Waals surface area contributed by atoms with Crippen LogP contribution >= 0.6 is 23.1 Å². The molecule has 0 N–H and O–H groups in total. The van der Waals surface area contributed by atoms with E-state index in [1.54, 1.807) is 11.3 Å². The van der Waals surface area contributed by atoms with Crippen LogP contribution in [0.25, 0.3) is 0 Å². The first-order chi connectivity index (χ1) is 4.88. The highest BCUT2D eigenvalue weighted by Gasteiger charge is 2.08. The molecule has 3 heteroatoms. The molecular weight excluding hydrogens is 162 g/mol. The van der Waals surface area contributed by atoms with Gasteiger partial charge in [-0.05, 0) is 12.7 Å². The predicted octanol–water partition coefficient (Wildman–Crippen LogP) is 2.96. The van der Waals surface area contributed by atoms with E-state index in [9.17, 15) is 0 Å². The Hall–Kier alpha value is -0.0200. The average molecular weight is 173 g/mol. The van der Waals surface area contributed by atoms with Crippen LogP contribution in [0.4, 0.5) is 0 Å². The highest BCUT2D eigenvalue weighted by Crippen LogP contribution is 2.30. The molecule has 1 rings (SSSR count). The summed E-state index contributed by atoms with van der Waals surface area (Å²) in [5.41, 5.74) is 0. The van der Waals surface area contributed by atoms with Gasteiger partial charge in [-0.15, -0.1) is 11.3 Å². The predicted molar refractivity (Wildman–Crippen MR) is 48.7 cm³/mol. The fourth-order valence-electron chi connectivity index (χ4n) is 0.836. The number of hydrogen-bond acceptors (Lipinski definition) is 3. The third kappa shape index (κ3) is 1.73. The van der Waals surface area contributed by atoms with Crippen molar-refractivity contribution < 1.29 is 0 Å². The Morgan fingerprint density at radius 3 is 3.00 bits per heavy atom. The van der Waals surface area contributed by atoms with Gasteiger partial charge in [0.1, 0.15) is 5.01 Å². The molecule has 0 bridgehead atoms. The largest absolute Gasteiger partial charge is 0.249 e. The molecule has 56 valence electrons. The first kappa shape index (κ1) is 8.08. The fourth-order valence-corrected chi connectivity index (χ4v) is 2.59. The van der Waals surface area contributed by atoms with Gasteiger partial charge in [0.2, 0.25) is 0 Å². The van der Waals surface area contributed by atoms with Crippen molar-refractivity contribution in [3.63, 3.8) is 0 Å². The summed E-state index contributed by atoms with van der Waals surface area (Å²) in [4.78, 5) is 4.26. The van der Waals surface area contributed by atoms with E-state index in [2.05, 4.69) is 18.2 Å². The molecule has 1 heterocycles. The van der Waals surface area contributed by atoms with E-state index in [0.717, 1.165) is 0 Å². The molecule has 0 radical (unpaired) electrons. The van der Waals surface area contributed by atoms with Crippen molar-refractivity contribution in [1.29, 1.82) is 0 Å². The number of nitrogens with zero attached hydrogens (tertiary/aromatic N) is 1. The maximum atomic E-state index is 4.26. The lowest BCUT2D eigenvalue weighted by Crippen LogP contribution is -1.88. The standard InChI is InChI=1S/C7H11NS2/c1-3-6(9-2)7-8-4-5-10-7/h4-6H,3H2,1-2H3. The summed E-state index contributed by atoms with van der Waals surface area (Å²) in [6.07, 6.45) is 5.18. The van der Waals surface area contributed by atoms with E-state index in [0.29, 0.717) is 5.25 Å². The van der Waals surface area contributed by atoms with Gasteiger partial charge in [-0.3, -0.25) is 0 Å². The Balaban J connectivity index is 2.64. The van der Waals surface area contributed by atoms with Crippen molar-refractivity contribution in [2.24, 2.45) is 0 Å². The third-order valence-corrected chi connectivity index (χ3v) is 3.55. The summed E-state index contributed by atoms with van der Waals surface area (Å²) in [6.45, 7) is 2.20. The zero-order valence-corrected chi connectivity index (χ0v) is 7.84. The van der Waals surface area contributed by atoms with Gasteiger partial charge >= 0.3 is 0 Å². The summed E-state index contributed by atoms with van der Waals surface area (Å²) in [5.74, 6) is 0. The van der Waals surface area contributed by atoms with Gasteiger partial charge in [0.15, 0.2) is 0 Å². The average Bonchev–Trinajstić information content (AvgIpc) is 2.43. The minimum absolute atomic E-state index is 0.611. The molecule has 0 saturated carbocycles.